The summed E-state index contributed by atoms with van der Waals surface area (Å²) in [6.07, 6.45) is 1.41. The van der Waals surface area contributed by atoms with E-state index in [0.717, 1.165) is 28.9 Å². The van der Waals surface area contributed by atoms with Gasteiger partial charge in [0.15, 0.2) is 0 Å². The second kappa shape index (κ2) is 5.33. The van der Waals surface area contributed by atoms with E-state index in [-0.39, 0.29) is 17.1 Å². The molecule has 0 radical (unpaired) electrons. The van der Waals surface area contributed by atoms with E-state index in [9.17, 15) is 9.18 Å². The van der Waals surface area contributed by atoms with Gasteiger partial charge < -0.3 is 10.1 Å². The van der Waals surface area contributed by atoms with Crippen molar-refractivity contribution in [3.8, 4) is 16.9 Å². The van der Waals surface area contributed by atoms with Crippen LogP contribution in [0, 0.1) is 11.7 Å². The topological polar surface area (TPSA) is 38.3 Å². The van der Waals surface area contributed by atoms with Crippen molar-refractivity contribution in [3.63, 3.8) is 0 Å². The van der Waals surface area contributed by atoms with Crippen LogP contribution in [0.1, 0.15) is 30.9 Å². The van der Waals surface area contributed by atoms with Gasteiger partial charge in [-0.1, -0.05) is 19.1 Å². The van der Waals surface area contributed by atoms with Gasteiger partial charge in [0.1, 0.15) is 11.6 Å². The molecule has 0 aromatic heterocycles. The van der Waals surface area contributed by atoms with E-state index >= 15 is 0 Å². The van der Waals surface area contributed by atoms with E-state index in [1.54, 1.807) is 13.2 Å². The van der Waals surface area contributed by atoms with Gasteiger partial charge in [-0.2, -0.15) is 0 Å². The third kappa shape index (κ3) is 2.05. The molecule has 1 N–H and O–H groups in total. The summed E-state index contributed by atoms with van der Waals surface area (Å²) in [5, 5.41) is 2.99. The predicted octanol–water partition coefficient (Wildman–Crippen LogP) is 3.65. The van der Waals surface area contributed by atoms with Crippen LogP contribution in [0.4, 0.5) is 4.39 Å². The predicted molar refractivity (Wildman–Crippen MR) is 90.6 cm³/mol. The lowest BCUT2D eigenvalue weighted by Crippen LogP contribution is -2.27. The summed E-state index contributed by atoms with van der Waals surface area (Å²) in [4.78, 5) is 11.6. The standard InChI is InChI=1S/C20H20FNO2/c1-3-19(23)22-11-12-10-20(12)17-8-13(21)4-6-15(17)16-7-5-14(24-2)9-18(16)20/h4-9,12H,3,10-11H2,1-2H3,(H,22,23). The second-order valence-electron chi connectivity index (χ2n) is 6.63. The molecule has 2 aliphatic rings. The van der Waals surface area contributed by atoms with E-state index in [2.05, 4.69) is 17.4 Å². The van der Waals surface area contributed by atoms with Gasteiger partial charge in [0.2, 0.25) is 5.91 Å². The van der Waals surface area contributed by atoms with Crippen LogP contribution in [-0.2, 0) is 10.2 Å². The fourth-order valence-corrected chi connectivity index (χ4v) is 4.12. The number of nitrogens with one attached hydrogen (secondary N) is 1. The number of amides is 1. The van der Waals surface area contributed by atoms with Crippen molar-refractivity contribution >= 4 is 5.91 Å². The van der Waals surface area contributed by atoms with Gasteiger partial charge in [0.05, 0.1) is 7.11 Å². The minimum Gasteiger partial charge on any atom is -0.497 e. The summed E-state index contributed by atoms with van der Waals surface area (Å²) in [7, 11) is 1.65. The van der Waals surface area contributed by atoms with E-state index in [1.165, 1.54) is 11.6 Å². The fourth-order valence-electron chi connectivity index (χ4n) is 4.12. The number of carbonyl (C=O) groups excluding carboxylic acids is 1. The number of rotatable bonds is 4. The molecule has 0 aliphatic heterocycles. The molecule has 4 heteroatoms. The van der Waals surface area contributed by atoms with Crippen molar-refractivity contribution < 1.29 is 13.9 Å². The van der Waals surface area contributed by atoms with Crippen LogP contribution in [0.3, 0.4) is 0 Å². The summed E-state index contributed by atoms with van der Waals surface area (Å²) < 4.78 is 19.3. The number of carbonyl (C=O) groups is 1. The maximum Gasteiger partial charge on any atom is 0.219 e. The van der Waals surface area contributed by atoms with Gasteiger partial charge in [-0.25, -0.2) is 4.39 Å². The molecule has 2 atom stereocenters. The largest absolute Gasteiger partial charge is 0.497 e. The zero-order valence-corrected chi connectivity index (χ0v) is 13.9. The van der Waals surface area contributed by atoms with Crippen LogP contribution < -0.4 is 10.1 Å². The molecule has 124 valence electrons. The Labute approximate surface area is 140 Å². The van der Waals surface area contributed by atoms with Crippen LogP contribution in [0.25, 0.3) is 11.1 Å². The maximum absolute atomic E-state index is 13.9. The van der Waals surface area contributed by atoms with E-state index in [0.29, 0.717) is 18.9 Å². The van der Waals surface area contributed by atoms with Crippen molar-refractivity contribution in [1.29, 1.82) is 0 Å². The Balaban J connectivity index is 1.77. The molecule has 4 rings (SSSR count). The molecule has 1 saturated carbocycles. The zero-order chi connectivity index (χ0) is 16.9. The van der Waals surface area contributed by atoms with E-state index < -0.39 is 0 Å². The fraction of sp³-hybridized carbons (Fsp3) is 0.350. The monoisotopic (exact) mass is 325 g/mol. The lowest BCUT2D eigenvalue weighted by Gasteiger charge is -2.15. The highest BCUT2D eigenvalue weighted by atomic mass is 19.1. The van der Waals surface area contributed by atoms with Gasteiger partial charge in [-0.3, -0.25) is 4.79 Å². The molecule has 0 bridgehead atoms. The number of benzene rings is 2. The van der Waals surface area contributed by atoms with Gasteiger partial charge >= 0.3 is 0 Å². The van der Waals surface area contributed by atoms with Crippen LogP contribution in [0.5, 0.6) is 5.75 Å². The van der Waals surface area contributed by atoms with E-state index in [4.69, 9.17) is 4.74 Å². The molecule has 2 aromatic rings. The molecule has 0 saturated heterocycles. The number of hydrogen-bond acceptors (Lipinski definition) is 2. The summed E-state index contributed by atoms with van der Waals surface area (Å²) in [5.41, 5.74) is 4.29. The number of fused-ring (bicyclic) bond motifs is 5. The SMILES string of the molecule is CCC(=O)NCC1CC12c1cc(F)ccc1-c1ccc(OC)cc12. The van der Waals surface area contributed by atoms with Crippen molar-refractivity contribution in [2.45, 2.75) is 25.2 Å². The number of methoxy groups -OCH3 is 1. The van der Waals surface area contributed by atoms with Crippen LogP contribution >= 0.6 is 0 Å². The number of ether oxygens (including phenoxy) is 1. The average Bonchev–Trinajstić information content (AvgIpc) is 3.27. The lowest BCUT2D eigenvalue weighted by molar-refractivity contribution is -0.120. The van der Waals surface area contributed by atoms with Crippen molar-refractivity contribution in [3.05, 3.63) is 53.3 Å². The summed E-state index contributed by atoms with van der Waals surface area (Å²) in [6.45, 7) is 2.47. The molecule has 2 unspecified atom stereocenters. The van der Waals surface area contributed by atoms with Crippen LogP contribution in [0.15, 0.2) is 36.4 Å². The molecule has 3 nitrogen and oxygen atoms in total. The van der Waals surface area contributed by atoms with E-state index in [1.807, 2.05) is 19.1 Å². The maximum atomic E-state index is 13.9. The Morgan fingerprint density at radius 2 is 1.96 bits per heavy atom. The normalized spacial score (nSPS) is 22.9. The first-order valence-corrected chi connectivity index (χ1v) is 8.35. The first-order valence-electron chi connectivity index (χ1n) is 8.35. The molecule has 1 fully saturated rings. The van der Waals surface area contributed by atoms with Crippen LogP contribution in [0.2, 0.25) is 0 Å². The quantitative estimate of drug-likeness (QED) is 0.932. The first-order chi connectivity index (χ1) is 11.6. The molecule has 24 heavy (non-hydrogen) atoms. The van der Waals surface area contributed by atoms with Gasteiger partial charge in [-0.05, 0) is 58.9 Å². The Bertz CT molecular complexity index is 832. The van der Waals surface area contributed by atoms with Crippen molar-refractivity contribution in [1.82, 2.24) is 5.32 Å². The van der Waals surface area contributed by atoms with Crippen LogP contribution in [-0.4, -0.2) is 19.6 Å². The summed E-state index contributed by atoms with van der Waals surface area (Å²) in [6, 6.07) is 11.1. The Hall–Kier alpha value is -2.36. The number of halogens is 1. The van der Waals surface area contributed by atoms with Crippen molar-refractivity contribution in [2.24, 2.45) is 5.92 Å². The highest BCUT2D eigenvalue weighted by Gasteiger charge is 2.60. The number of hydrogen-bond donors (Lipinski definition) is 1. The molecule has 0 heterocycles. The second-order valence-corrected chi connectivity index (χ2v) is 6.63. The minimum absolute atomic E-state index is 0.0559. The Kier molecular flexibility index (Phi) is 3.37. The molecular weight excluding hydrogens is 305 g/mol. The van der Waals surface area contributed by atoms with Gasteiger partial charge in [-0.15, -0.1) is 0 Å². The third-order valence-corrected chi connectivity index (χ3v) is 5.43. The smallest absolute Gasteiger partial charge is 0.219 e. The molecule has 2 aliphatic carbocycles. The molecule has 2 aromatic carbocycles. The summed E-state index contributed by atoms with van der Waals surface area (Å²) in [5.74, 6) is 0.947. The molecular formula is C20H20FNO2. The minimum atomic E-state index is -0.212. The Morgan fingerprint density at radius 3 is 2.67 bits per heavy atom. The van der Waals surface area contributed by atoms with Crippen molar-refractivity contribution in [2.75, 3.05) is 13.7 Å². The first kappa shape index (κ1) is 15.2. The highest BCUT2D eigenvalue weighted by Crippen LogP contribution is 2.66. The third-order valence-electron chi connectivity index (χ3n) is 5.43. The average molecular weight is 325 g/mol. The summed E-state index contributed by atoms with van der Waals surface area (Å²) >= 11 is 0. The molecule has 1 spiro atoms. The highest BCUT2D eigenvalue weighted by molar-refractivity contribution is 5.84. The lowest BCUT2D eigenvalue weighted by atomic mass is 9.90. The Morgan fingerprint density at radius 1 is 1.25 bits per heavy atom. The zero-order valence-electron chi connectivity index (χ0n) is 13.9. The molecule has 1 amide bonds. The van der Waals surface area contributed by atoms with Gasteiger partial charge in [0.25, 0.3) is 0 Å². The van der Waals surface area contributed by atoms with Gasteiger partial charge in [0, 0.05) is 18.4 Å².